The van der Waals surface area contributed by atoms with Crippen LogP contribution in [0.1, 0.15) is 10.4 Å². The lowest BCUT2D eigenvalue weighted by Crippen LogP contribution is -2.25. The third-order valence-corrected chi connectivity index (χ3v) is 4.94. The van der Waals surface area contributed by atoms with Gasteiger partial charge in [0.05, 0.1) is 14.5 Å². The van der Waals surface area contributed by atoms with Gasteiger partial charge in [-0.3, -0.25) is 0 Å². The maximum Gasteiger partial charge on any atom is 0.340 e. The normalized spacial score (nSPS) is 11.8. The van der Waals surface area contributed by atoms with Crippen LogP contribution < -0.4 is 4.74 Å². The molecule has 0 amide bonds. The second-order valence-corrected chi connectivity index (χ2v) is 7.26. The Hall–Kier alpha value is -1.09. The van der Waals surface area contributed by atoms with Gasteiger partial charge in [-0.25, -0.2) is 4.79 Å². The van der Waals surface area contributed by atoms with E-state index < -0.39 is 12.1 Å². The summed E-state index contributed by atoms with van der Waals surface area (Å²) in [6.45, 7) is -0.243. The van der Waals surface area contributed by atoms with E-state index in [-0.39, 0.29) is 29.0 Å². The zero-order chi connectivity index (χ0) is 17.7. The highest BCUT2D eigenvalue weighted by atomic mass is 79.9. The predicted molar refractivity (Wildman–Crippen MR) is 99.4 cm³/mol. The molecule has 1 unspecified atom stereocenters. The number of esters is 1. The van der Waals surface area contributed by atoms with Gasteiger partial charge in [0.2, 0.25) is 0 Å². The maximum absolute atomic E-state index is 12.2. The molecule has 0 aliphatic rings. The molecule has 8 heteroatoms. The number of hydrogen-bond donors (Lipinski definition) is 2. The lowest BCUT2D eigenvalue weighted by Gasteiger charge is -2.14. The highest BCUT2D eigenvalue weighted by Crippen LogP contribution is 2.39. The average Bonchev–Trinajstić information content (AvgIpc) is 2.57. The molecule has 5 nitrogen and oxygen atoms in total. The first-order valence-electron chi connectivity index (χ1n) is 6.79. The lowest BCUT2D eigenvalue weighted by atomic mass is 10.2. The van der Waals surface area contributed by atoms with Crippen LogP contribution in [0.2, 0.25) is 0 Å². The van der Waals surface area contributed by atoms with Crippen LogP contribution in [0.15, 0.2) is 49.8 Å². The van der Waals surface area contributed by atoms with E-state index in [4.69, 9.17) is 9.47 Å². The largest absolute Gasteiger partial charge is 0.506 e. The van der Waals surface area contributed by atoms with Gasteiger partial charge in [0, 0.05) is 4.47 Å². The summed E-state index contributed by atoms with van der Waals surface area (Å²) in [7, 11) is 0. The molecule has 2 N–H and O–H groups in total. The van der Waals surface area contributed by atoms with Gasteiger partial charge >= 0.3 is 5.97 Å². The first-order chi connectivity index (χ1) is 11.4. The van der Waals surface area contributed by atoms with Crippen molar-refractivity contribution in [1.82, 2.24) is 0 Å². The van der Waals surface area contributed by atoms with E-state index in [0.29, 0.717) is 14.7 Å². The molecule has 2 rings (SSSR count). The summed E-state index contributed by atoms with van der Waals surface area (Å²) in [6, 6.07) is 10.5. The summed E-state index contributed by atoms with van der Waals surface area (Å²) in [5.41, 5.74) is 0.131. The van der Waals surface area contributed by atoms with Crippen LogP contribution in [-0.2, 0) is 4.74 Å². The number of ether oxygens (including phenoxy) is 2. The molecule has 0 aliphatic heterocycles. The van der Waals surface area contributed by atoms with Gasteiger partial charge < -0.3 is 19.7 Å². The van der Waals surface area contributed by atoms with Crippen molar-refractivity contribution >= 4 is 53.8 Å². The van der Waals surface area contributed by atoms with E-state index in [9.17, 15) is 15.0 Å². The van der Waals surface area contributed by atoms with Crippen LogP contribution >= 0.6 is 47.8 Å². The zero-order valence-corrected chi connectivity index (χ0v) is 17.0. The molecule has 0 spiro atoms. The maximum atomic E-state index is 12.2. The number of phenols is 1. The van der Waals surface area contributed by atoms with Crippen molar-refractivity contribution in [2.24, 2.45) is 0 Å². The number of hydrogen-bond acceptors (Lipinski definition) is 5. The Labute approximate surface area is 164 Å². The smallest absolute Gasteiger partial charge is 0.340 e. The topological polar surface area (TPSA) is 76.0 Å². The molecule has 128 valence electrons. The van der Waals surface area contributed by atoms with E-state index in [1.165, 1.54) is 6.07 Å². The number of benzene rings is 2. The van der Waals surface area contributed by atoms with Crippen LogP contribution in [0.25, 0.3) is 0 Å². The predicted octanol–water partition coefficient (Wildman–Crippen LogP) is 4.28. The third-order valence-electron chi connectivity index (χ3n) is 2.94. The molecule has 0 bridgehead atoms. The van der Waals surface area contributed by atoms with Crippen molar-refractivity contribution in [3.05, 3.63) is 55.4 Å². The van der Waals surface area contributed by atoms with Gasteiger partial charge in [0.25, 0.3) is 0 Å². The number of halogens is 3. The fourth-order valence-corrected chi connectivity index (χ4v) is 4.21. The highest BCUT2D eigenvalue weighted by molar-refractivity contribution is 9.11. The van der Waals surface area contributed by atoms with E-state index in [1.807, 2.05) is 18.2 Å². The van der Waals surface area contributed by atoms with E-state index in [2.05, 4.69) is 47.8 Å². The van der Waals surface area contributed by atoms with Crippen LogP contribution in [0.4, 0.5) is 0 Å². The molecular weight excluding hydrogens is 512 g/mol. The van der Waals surface area contributed by atoms with Crippen molar-refractivity contribution in [3.8, 4) is 11.5 Å². The molecule has 0 fully saturated rings. The van der Waals surface area contributed by atoms with Crippen LogP contribution in [0.5, 0.6) is 11.5 Å². The Kier molecular flexibility index (Phi) is 7.09. The standard InChI is InChI=1S/C16H13Br3O5/c17-11-6-12(18)15(21)14(19)13(11)16(22)24-8-9(20)7-23-10-4-2-1-3-5-10/h1-6,9,20-21H,7-8H2. The Bertz CT molecular complexity index is 721. The number of aromatic hydroxyl groups is 1. The minimum Gasteiger partial charge on any atom is -0.506 e. The molecule has 0 aromatic heterocycles. The summed E-state index contributed by atoms with van der Waals surface area (Å²) in [5.74, 6) is -0.181. The summed E-state index contributed by atoms with van der Waals surface area (Å²) in [5, 5.41) is 19.7. The fourth-order valence-electron chi connectivity index (χ4n) is 1.77. The van der Waals surface area contributed by atoms with Gasteiger partial charge in [-0.2, -0.15) is 0 Å². The van der Waals surface area contributed by atoms with E-state index in [0.717, 1.165) is 0 Å². The molecule has 0 saturated carbocycles. The molecule has 24 heavy (non-hydrogen) atoms. The minimum absolute atomic E-state index is 0.00871. The zero-order valence-electron chi connectivity index (χ0n) is 12.2. The van der Waals surface area contributed by atoms with Gasteiger partial charge in [-0.15, -0.1) is 0 Å². The number of carbonyl (C=O) groups is 1. The molecule has 2 aromatic rings. The molecule has 0 radical (unpaired) electrons. The van der Waals surface area contributed by atoms with Gasteiger partial charge in [0.1, 0.15) is 30.8 Å². The van der Waals surface area contributed by atoms with Crippen LogP contribution in [0.3, 0.4) is 0 Å². The second kappa shape index (κ2) is 8.84. The fraction of sp³-hybridized carbons (Fsp3) is 0.188. The van der Waals surface area contributed by atoms with E-state index in [1.54, 1.807) is 12.1 Å². The first kappa shape index (κ1) is 19.2. The lowest BCUT2D eigenvalue weighted by molar-refractivity contribution is 0.0128. The van der Waals surface area contributed by atoms with Crippen LogP contribution in [0, 0.1) is 0 Å². The van der Waals surface area contributed by atoms with Gasteiger partial charge in [-0.1, -0.05) is 18.2 Å². The second-order valence-electron chi connectivity index (χ2n) is 4.75. The van der Waals surface area contributed by atoms with Crippen molar-refractivity contribution < 1.29 is 24.5 Å². The molecule has 0 heterocycles. The number of phenolic OH excluding ortho intramolecular Hbond substituents is 1. The average molecular weight is 525 g/mol. The Morgan fingerprint density at radius 1 is 1.08 bits per heavy atom. The number of aliphatic hydroxyl groups is 1. The monoisotopic (exact) mass is 522 g/mol. The first-order valence-corrected chi connectivity index (χ1v) is 9.17. The summed E-state index contributed by atoms with van der Waals surface area (Å²) in [6.07, 6.45) is -0.976. The van der Waals surface area contributed by atoms with Gasteiger partial charge in [0.15, 0.2) is 0 Å². The highest BCUT2D eigenvalue weighted by Gasteiger charge is 2.22. The Balaban J connectivity index is 1.92. The molecule has 0 saturated heterocycles. The van der Waals surface area contributed by atoms with Crippen molar-refractivity contribution in [1.29, 1.82) is 0 Å². The number of rotatable bonds is 6. The molecule has 1 atom stereocenters. The molecule has 0 aliphatic carbocycles. The summed E-state index contributed by atoms with van der Waals surface area (Å²) in [4.78, 5) is 12.2. The van der Waals surface area contributed by atoms with E-state index >= 15 is 0 Å². The molecular formula is C16H13Br3O5. The Morgan fingerprint density at radius 3 is 2.42 bits per heavy atom. The minimum atomic E-state index is -0.976. The van der Waals surface area contributed by atoms with Gasteiger partial charge in [-0.05, 0) is 66.0 Å². The molecule has 2 aromatic carbocycles. The quantitative estimate of drug-likeness (QED) is 0.552. The summed E-state index contributed by atoms with van der Waals surface area (Å²) < 4.78 is 11.5. The number of aliphatic hydroxyl groups excluding tert-OH is 1. The summed E-state index contributed by atoms with van der Waals surface area (Å²) >= 11 is 9.56. The number of para-hydroxylation sites is 1. The SMILES string of the molecule is O=C(OCC(O)COc1ccccc1)c1c(Br)cc(Br)c(O)c1Br. The Morgan fingerprint density at radius 2 is 1.75 bits per heavy atom. The van der Waals surface area contributed by atoms with Crippen molar-refractivity contribution in [3.63, 3.8) is 0 Å². The van der Waals surface area contributed by atoms with Crippen molar-refractivity contribution in [2.45, 2.75) is 6.10 Å². The number of carbonyl (C=O) groups excluding carboxylic acids is 1. The van der Waals surface area contributed by atoms with Crippen molar-refractivity contribution in [2.75, 3.05) is 13.2 Å². The third kappa shape index (κ3) is 4.95. The van der Waals surface area contributed by atoms with Crippen LogP contribution in [-0.4, -0.2) is 35.5 Å².